The molecule has 2 N–H and O–H groups in total. The molecule has 0 amide bonds. The molecule has 5 heteroatoms. The molecule has 0 aromatic carbocycles. The zero-order chi connectivity index (χ0) is 18.2. The van der Waals surface area contributed by atoms with E-state index in [0.717, 1.165) is 11.3 Å². The fraction of sp³-hybridized carbons (Fsp3) is 0.200. The predicted molar refractivity (Wildman–Crippen MR) is 102 cm³/mol. The molecule has 1 aliphatic carbocycles. The quantitative estimate of drug-likeness (QED) is 0.631. The van der Waals surface area contributed by atoms with Crippen molar-refractivity contribution in [2.75, 3.05) is 12.3 Å². The largest absolute Gasteiger partial charge is 0.462 e. The molecular formula is C20H23N3O2. The van der Waals surface area contributed by atoms with Crippen molar-refractivity contribution in [1.29, 1.82) is 0 Å². The first kappa shape index (κ1) is 18.3. The maximum Gasteiger partial charge on any atom is 0.338 e. The van der Waals surface area contributed by atoms with E-state index >= 15 is 0 Å². The molecule has 0 bridgehead atoms. The van der Waals surface area contributed by atoms with Crippen molar-refractivity contribution in [2.45, 2.75) is 20.3 Å². The Kier molecular flexibility index (Phi) is 6.34. The lowest BCUT2D eigenvalue weighted by Gasteiger charge is -2.05. The molecule has 0 atom stereocenters. The van der Waals surface area contributed by atoms with Crippen LogP contribution in [-0.4, -0.2) is 22.4 Å². The van der Waals surface area contributed by atoms with E-state index in [1.807, 2.05) is 43.4 Å². The third-order valence-electron chi connectivity index (χ3n) is 3.53. The average molecular weight is 337 g/mol. The Morgan fingerprint density at radius 3 is 2.96 bits per heavy atom. The number of nitrogen functional groups attached to an aromatic ring is 1. The van der Waals surface area contributed by atoms with Gasteiger partial charge in [0.1, 0.15) is 5.82 Å². The molecule has 0 radical (unpaired) electrons. The smallest absolute Gasteiger partial charge is 0.338 e. The van der Waals surface area contributed by atoms with Crippen molar-refractivity contribution in [3.8, 4) is 0 Å². The second-order valence-electron chi connectivity index (χ2n) is 5.38. The summed E-state index contributed by atoms with van der Waals surface area (Å²) in [5.74, 6) is 0.177. The van der Waals surface area contributed by atoms with E-state index in [0.29, 0.717) is 30.1 Å². The van der Waals surface area contributed by atoms with Gasteiger partial charge in [-0.05, 0) is 31.6 Å². The number of ether oxygens (including phenoxy) is 1. The molecule has 1 aliphatic rings. The Hall–Kier alpha value is -3.08. The van der Waals surface area contributed by atoms with Crippen molar-refractivity contribution in [3.05, 3.63) is 72.5 Å². The lowest BCUT2D eigenvalue weighted by Crippen LogP contribution is -2.05. The van der Waals surface area contributed by atoms with Gasteiger partial charge in [-0.3, -0.25) is 0 Å². The molecule has 0 saturated heterocycles. The van der Waals surface area contributed by atoms with Gasteiger partial charge >= 0.3 is 5.97 Å². The van der Waals surface area contributed by atoms with Gasteiger partial charge in [0.2, 0.25) is 0 Å². The number of hydrogen-bond acceptors (Lipinski definition) is 4. The fourth-order valence-corrected chi connectivity index (χ4v) is 2.27. The lowest BCUT2D eigenvalue weighted by molar-refractivity contribution is -0.138. The first-order chi connectivity index (χ1) is 12.1. The van der Waals surface area contributed by atoms with Crippen molar-refractivity contribution in [3.63, 3.8) is 0 Å². The number of anilines is 1. The maximum absolute atomic E-state index is 11.8. The van der Waals surface area contributed by atoms with Crippen LogP contribution in [0.25, 0.3) is 11.3 Å². The number of rotatable bonds is 6. The Morgan fingerprint density at radius 1 is 1.44 bits per heavy atom. The van der Waals surface area contributed by atoms with Crippen LogP contribution in [0.5, 0.6) is 0 Å². The fourth-order valence-electron chi connectivity index (χ4n) is 2.27. The number of hydrogen-bond donors (Lipinski definition) is 1. The third-order valence-corrected chi connectivity index (χ3v) is 3.53. The average Bonchev–Trinajstić information content (AvgIpc) is 2.82. The summed E-state index contributed by atoms with van der Waals surface area (Å²) in [7, 11) is 0. The van der Waals surface area contributed by atoms with E-state index in [9.17, 15) is 4.79 Å². The monoisotopic (exact) mass is 337 g/mol. The summed E-state index contributed by atoms with van der Waals surface area (Å²) in [4.78, 5) is 11.8. The number of nitrogens with two attached hydrogens (primary N) is 1. The number of aromatic nitrogens is 2. The summed E-state index contributed by atoms with van der Waals surface area (Å²) in [6, 6.07) is 1.79. The predicted octanol–water partition coefficient (Wildman–Crippen LogP) is 3.90. The molecule has 1 heterocycles. The minimum Gasteiger partial charge on any atom is -0.462 e. The molecule has 1 aromatic heterocycles. The van der Waals surface area contributed by atoms with Crippen LogP contribution in [0.2, 0.25) is 0 Å². The van der Waals surface area contributed by atoms with Crippen molar-refractivity contribution in [1.82, 2.24) is 9.78 Å². The van der Waals surface area contributed by atoms with Gasteiger partial charge in [0.05, 0.1) is 17.9 Å². The first-order valence-corrected chi connectivity index (χ1v) is 8.15. The summed E-state index contributed by atoms with van der Waals surface area (Å²) < 4.78 is 6.69. The van der Waals surface area contributed by atoms with Gasteiger partial charge in [0, 0.05) is 18.2 Å². The van der Waals surface area contributed by atoms with Crippen LogP contribution in [0.1, 0.15) is 26.0 Å². The van der Waals surface area contributed by atoms with Gasteiger partial charge in [-0.25, -0.2) is 9.48 Å². The molecule has 0 aliphatic heterocycles. The van der Waals surface area contributed by atoms with Crippen molar-refractivity contribution < 1.29 is 9.53 Å². The molecule has 25 heavy (non-hydrogen) atoms. The highest BCUT2D eigenvalue weighted by atomic mass is 16.5. The number of carbonyl (C=O) groups is 1. The maximum atomic E-state index is 11.8. The summed E-state index contributed by atoms with van der Waals surface area (Å²) in [5.41, 5.74) is 8.95. The summed E-state index contributed by atoms with van der Waals surface area (Å²) in [5, 5.41) is 4.53. The highest BCUT2D eigenvalue weighted by Gasteiger charge is 2.13. The zero-order valence-corrected chi connectivity index (χ0v) is 14.6. The molecule has 0 fully saturated rings. The van der Waals surface area contributed by atoms with Gasteiger partial charge in [0.25, 0.3) is 0 Å². The molecular weight excluding hydrogens is 314 g/mol. The molecule has 0 unspecified atom stereocenters. The number of nitrogens with zero attached hydrogens (tertiary/aromatic N) is 2. The van der Waals surface area contributed by atoms with E-state index in [1.54, 1.807) is 29.8 Å². The summed E-state index contributed by atoms with van der Waals surface area (Å²) >= 11 is 0. The van der Waals surface area contributed by atoms with Crippen LogP contribution < -0.4 is 5.73 Å². The van der Waals surface area contributed by atoms with Crippen LogP contribution in [0, 0.1) is 0 Å². The zero-order valence-electron chi connectivity index (χ0n) is 14.6. The van der Waals surface area contributed by atoms with Crippen LogP contribution in [0.15, 0.2) is 66.8 Å². The van der Waals surface area contributed by atoms with E-state index in [1.165, 1.54) is 0 Å². The lowest BCUT2D eigenvalue weighted by atomic mass is 10.2. The highest BCUT2D eigenvalue weighted by Crippen LogP contribution is 2.23. The normalized spacial score (nSPS) is 14.5. The van der Waals surface area contributed by atoms with E-state index in [2.05, 4.69) is 11.7 Å². The third kappa shape index (κ3) is 4.70. The van der Waals surface area contributed by atoms with Gasteiger partial charge in [-0.1, -0.05) is 43.0 Å². The van der Waals surface area contributed by atoms with Gasteiger partial charge in [0.15, 0.2) is 0 Å². The second kappa shape index (κ2) is 8.68. The van der Waals surface area contributed by atoms with Crippen molar-refractivity contribution >= 4 is 23.1 Å². The Balaban J connectivity index is 2.26. The van der Waals surface area contributed by atoms with E-state index < -0.39 is 0 Å². The molecule has 2 rings (SSSR count). The van der Waals surface area contributed by atoms with Crippen LogP contribution in [0.4, 0.5) is 5.82 Å². The van der Waals surface area contributed by atoms with Crippen LogP contribution >= 0.6 is 0 Å². The van der Waals surface area contributed by atoms with E-state index in [4.69, 9.17) is 10.5 Å². The topological polar surface area (TPSA) is 70.1 Å². The van der Waals surface area contributed by atoms with Gasteiger partial charge in [-0.2, -0.15) is 5.10 Å². The van der Waals surface area contributed by atoms with Gasteiger partial charge in [-0.15, -0.1) is 0 Å². The number of esters is 1. The SMILES string of the molecule is C=C(/C=C\C=C/C)c1cc(N)n(C2=CC=C(C(=O)OCC)C=CC2)n1. The van der Waals surface area contributed by atoms with Crippen LogP contribution in [-0.2, 0) is 9.53 Å². The summed E-state index contributed by atoms with van der Waals surface area (Å²) in [6.45, 7) is 8.09. The standard InChI is InChI=1S/C20H23N3O2/c1-4-6-7-9-15(3)18-14-19(21)23(22-18)17-11-8-10-16(12-13-17)20(24)25-5-2/h4,6-10,12-14H,3,5,11,21H2,1-2H3/b6-4-,9-7-. The highest BCUT2D eigenvalue weighted by molar-refractivity contribution is 5.92. The minimum absolute atomic E-state index is 0.340. The minimum atomic E-state index is -0.340. The Labute approximate surface area is 148 Å². The molecule has 130 valence electrons. The molecule has 0 saturated carbocycles. The molecule has 1 aromatic rings. The molecule has 0 spiro atoms. The Morgan fingerprint density at radius 2 is 2.24 bits per heavy atom. The molecule has 5 nitrogen and oxygen atoms in total. The van der Waals surface area contributed by atoms with E-state index in [-0.39, 0.29) is 5.97 Å². The number of allylic oxidation sites excluding steroid dienone is 9. The Bertz CT molecular complexity index is 805. The van der Waals surface area contributed by atoms with Crippen LogP contribution in [0.3, 0.4) is 0 Å². The number of carbonyl (C=O) groups excluding carboxylic acids is 1. The first-order valence-electron chi connectivity index (χ1n) is 8.15. The van der Waals surface area contributed by atoms with Crippen molar-refractivity contribution in [2.24, 2.45) is 0 Å². The van der Waals surface area contributed by atoms with Gasteiger partial charge < -0.3 is 10.5 Å². The summed E-state index contributed by atoms with van der Waals surface area (Å²) in [6.07, 6.45) is 15.4. The second-order valence-corrected chi connectivity index (χ2v) is 5.38.